The molecule has 0 spiro atoms. The summed E-state index contributed by atoms with van der Waals surface area (Å²) in [6, 6.07) is 9.61. The highest BCUT2D eigenvalue weighted by Crippen LogP contribution is 2.20. The Labute approximate surface area is 96.1 Å². The highest BCUT2D eigenvalue weighted by atomic mass is 16.2. The first kappa shape index (κ1) is 12.3. The molecule has 0 unspecified atom stereocenters. The summed E-state index contributed by atoms with van der Waals surface area (Å²) >= 11 is 0. The monoisotopic (exact) mass is 216 g/mol. The van der Waals surface area contributed by atoms with Crippen LogP contribution in [0, 0.1) is 16.7 Å². The van der Waals surface area contributed by atoms with Gasteiger partial charge in [-0.25, -0.2) is 0 Å². The fourth-order valence-electron chi connectivity index (χ4n) is 1.28. The van der Waals surface area contributed by atoms with Crippen LogP contribution in [0.2, 0.25) is 0 Å². The second-order valence-electron chi connectivity index (χ2n) is 4.20. The Kier molecular flexibility index (Phi) is 3.68. The number of aryl methyl sites for hydroxylation is 1. The number of hydrogen-bond acceptors (Lipinski definition) is 2. The summed E-state index contributed by atoms with van der Waals surface area (Å²) in [7, 11) is 0. The van der Waals surface area contributed by atoms with E-state index in [9.17, 15) is 4.79 Å². The Bertz CT molecular complexity index is 430. The lowest BCUT2D eigenvalue weighted by atomic mass is 9.94. The zero-order valence-corrected chi connectivity index (χ0v) is 9.87. The molecular weight excluding hydrogens is 200 g/mol. The molecule has 1 amide bonds. The summed E-state index contributed by atoms with van der Waals surface area (Å²) in [4.78, 5) is 11.8. The van der Waals surface area contributed by atoms with Crippen LogP contribution >= 0.6 is 0 Å². The van der Waals surface area contributed by atoms with Crippen molar-refractivity contribution in [1.29, 1.82) is 5.26 Å². The van der Waals surface area contributed by atoms with Gasteiger partial charge in [-0.1, -0.05) is 25.1 Å². The number of rotatable bonds is 3. The van der Waals surface area contributed by atoms with Crippen molar-refractivity contribution in [3.63, 3.8) is 0 Å². The van der Waals surface area contributed by atoms with Gasteiger partial charge in [0.05, 0.1) is 6.07 Å². The van der Waals surface area contributed by atoms with Gasteiger partial charge in [0.2, 0.25) is 5.91 Å². The summed E-state index contributed by atoms with van der Waals surface area (Å²) in [5.41, 5.74) is 0.865. The summed E-state index contributed by atoms with van der Waals surface area (Å²) in [6.07, 6.45) is 0.851. The first-order chi connectivity index (χ1) is 7.51. The molecule has 1 aromatic carbocycles. The van der Waals surface area contributed by atoms with Crippen LogP contribution in [0.25, 0.3) is 0 Å². The number of nitrogens with zero attached hydrogens (tertiary/aromatic N) is 1. The van der Waals surface area contributed by atoms with Crippen LogP contribution in [-0.2, 0) is 11.2 Å². The molecule has 1 aromatic rings. The zero-order valence-electron chi connectivity index (χ0n) is 9.87. The maximum absolute atomic E-state index is 11.8. The molecule has 84 valence electrons. The number of anilines is 1. The molecule has 1 rings (SSSR count). The number of carbonyl (C=O) groups is 1. The SMILES string of the molecule is CCc1ccccc1NC(=O)C(C)(C)C#N. The molecule has 0 aliphatic rings. The highest BCUT2D eigenvalue weighted by Gasteiger charge is 2.27. The number of amides is 1. The van der Waals surface area contributed by atoms with E-state index in [1.165, 1.54) is 0 Å². The van der Waals surface area contributed by atoms with Gasteiger partial charge in [-0.3, -0.25) is 4.79 Å². The lowest BCUT2D eigenvalue weighted by molar-refractivity contribution is -0.121. The van der Waals surface area contributed by atoms with Crippen molar-refractivity contribution in [3.05, 3.63) is 29.8 Å². The highest BCUT2D eigenvalue weighted by molar-refractivity contribution is 5.97. The number of nitriles is 1. The molecule has 0 saturated heterocycles. The minimum absolute atomic E-state index is 0.268. The normalized spacial score (nSPS) is 10.6. The number of nitrogens with one attached hydrogen (secondary N) is 1. The first-order valence-corrected chi connectivity index (χ1v) is 5.32. The van der Waals surface area contributed by atoms with Gasteiger partial charge in [-0.15, -0.1) is 0 Å². The van der Waals surface area contributed by atoms with Crippen LogP contribution in [0.1, 0.15) is 26.3 Å². The van der Waals surface area contributed by atoms with Gasteiger partial charge in [0, 0.05) is 5.69 Å². The smallest absolute Gasteiger partial charge is 0.244 e. The quantitative estimate of drug-likeness (QED) is 0.844. The predicted molar refractivity (Wildman–Crippen MR) is 63.8 cm³/mol. The van der Waals surface area contributed by atoms with Crippen molar-refractivity contribution in [1.82, 2.24) is 0 Å². The third kappa shape index (κ3) is 2.60. The van der Waals surface area contributed by atoms with Gasteiger partial charge in [-0.05, 0) is 31.9 Å². The maximum Gasteiger partial charge on any atom is 0.244 e. The Balaban J connectivity index is 2.90. The molecule has 16 heavy (non-hydrogen) atoms. The standard InChI is InChI=1S/C13H16N2O/c1-4-10-7-5-6-8-11(10)15-12(16)13(2,3)9-14/h5-8H,4H2,1-3H3,(H,15,16). The van der Waals surface area contributed by atoms with Crippen molar-refractivity contribution in [2.45, 2.75) is 27.2 Å². The molecule has 0 fully saturated rings. The van der Waals surface area contributed by atoms with Gasteiger partial charge in [0.25, 0.3) is 0 Å². The van der Waals surface area contributed by atoms with E-state index in [2.05, 4.69) is 5.32 Å². The molecule has 0 aliphatic carbocycles. The van der Waals surface area contributed by atoms with E-state index in [4.69, 9.17) is 5.26 Å². The van der Waals surface area contributed by atoms with Crippen LogP contribution in [0.3, 0.4) is 0 Å². The number of hydrogen-bond donors (Lipinski definition) is 1. The molecule has 0 bridgehead atoms. The van der Waals surface area contributed by atoms with Crippen molar-refractivity contribution in [2.24, 2.45) is 5.41 Å². The second kappa shape index (κ2) is 4.80. The van der Waals surface area contributed by atoms with Crippen molar-refractivity contribution >= 4 is 11.6 Å². The van der Waals surface area contributed by atoms with Gasteiger partial charge in [-0.2, -0.15) is 5.26 Å². The Morgan fingerprint density at radius 3 is 2.62 bits per heavy atom. The minimum Gasteiger partial charge on any atom is -0.324 e. The lowest BCUT2D eigenvalue weighted by Gasteiger charge is -2.16. The average molecular weight is 216 g/mol. The Morgan fingerprint density at radius 1 is 1.44 bits per heavy atom. The third-order valence-electron chi connectivity index (χ3n) is 2.49. The second-order valence-corrected chi connectivity index (χ2v) is 4.20. The number of carbonyl (C=O) groups excluding carboxylic acids is 1. The van der Waals surface area contributed by atoms with E-state index < -0.39 is 5.41 Å². The molecule has 0 radical (unpaired) electrons. The molecule has 1 N–H and O–H groups in total. The van der Waals surface area contributed by atoms with Crippen LogP contribution < -0.4 is 5.32 Å². The average Bonchev–Trinajstić information content (AvgIpc) is 2.29. The molecule has 0 heterocycles. The van der Waals surface area contributed by atoms with Crippen LogP contribution in [0.4, 0.5) is 5.69 Å². The van der Waals surface area contributed by atoms with E-state index in [1.807, 2.05) is 37.3 Å². The Hall–Kier alpha value is -1.82. The minimum atomic E-state index is -0.999. The number of para-hydroxylation sites is 1. The molecule has 3 nitrogen and oxygen atoms in total. The van der Waals surface area contributed by atoms with Gasteiger partial charge in [0.1, 0.15) is 5.41 Å². The van der Waals surface area contributed by atoms with E-state index in [0.717, 1.165) is 17.7 Å². The van der Waals surface area contributed by atoms with E-state index in [0.29, 0.717) is 0 Å². The van der Waals surface area contributed by atoms with Gasteiger partial charge < -0.3 is 5.32 Å². The van der Waals surface area contributed by atoms with Crippen LogP contribution in [-0.4, -0.2) is 5.91 Å². The van der Waals surface area contributed by atoms with E-state index >= 15 is 0 Å². The summed E-state index contributed by atoms with van der Waals surface area (Å²) < 4.78 is 0. The van der Waals surface area contributed by atoms with Crippen molar-refractivity contribution in [2.75, 3.05) is 5.32 Å². The van der Waals surface area contributed by atoms with Crippen molar-refractivity contribution in [3.8, 4) is 6.07 Å². The van der Waals surface area contributed by atoms with E-state index in [-0.39, 0.29) is 5.91 Å². The third-order valence-corrected chi connectivity index (χ3v) is 2.49. The van der Waals surface area contributed by atoms with E-state index in [1.54, 1.807) is 13.8 Å². The zero-order chi connectivity index (χ0) is 12.2. The number of benzene rings is 1. The van der Waals surface area contributed by atoms with Crippen LogP contribution in [0.15, 0.2) is 24.3 Å². The molecule has 0 aromatic heterocycles. The van der Waals surface area contributed by atoms with Gasteiger partial charge in [0.15, 0.2) is 0 Å². The first-order valence-electron chi connectivity index (χ1n) is 5.32. The molecule has 0 atom stereocenters. The predicted octanol–water partition coefficient (Wildman–Crippen LogP) is 2.74. The molecule has 0 saturated carbocycles. The summed E-state index contributed by atoms with van der Waals surface area (Å²) in [5.74, 6) is -0.268. The molecular formula is C13H16N2O. The van der Waals surface area contributed by atoms with Crippen molar-refractivity contribution < 1.29 is 4.79 Å². The molecule has 3 heteroatoms. The molecule has 0 aliphatic heterocycles. The topological polar surface area (TPSA) is 52.9 Å². The fourth-order valence-corrected chi connectivity index (χ4v) is 1.28. The Morgan fingerprint density at radius 2 is 2.06 bits per heavy atom. The van der Waals surface area contributed by atoms with Crippen LogP contribution in [0.5, 0.6) is 0 Å². The summed E-state index contributed by atoms with van der Waals surface area (Å²) in [6.45, 7) is 5.24. The summed E-state index contributed by atoms with van der Waals surface area (Å²) in [5, 5.41) is 11.6. The lowest BCUT2D eigenvalue weighted by Crippen LogP contribution is -2.29. The fraction of sp³-hybridized carbons (Fsp3) is 0.385. The van der Waals surface area contributed by atoms with Gasteiger partial charge >= 0.3 is 0 Å². The maximum atomic E-state index is 11.8. The largest absolute Gasteiger partial charge is 0.324 e.